The fraction of sp³-hybridized carbons (Fsp3) is 0.417. The number of hydrogen-bond donors (Lipinski definition) is 1. The monoisotopic (exact) mass is 457 g/mol. The van der Waals surface area contributed by atoms with Crippen molar-refractivity contribution in [3.8, 4) is 0 Å². The summed E-state index contributed by atoms with van der Waals surface area (Å²) in [7, 11) is 0. The van der Waals surface area contributed by atoms with Crippen LogP contribution in [0, 0.1) is 5.92 Å². The van der Waals surface area contributed by atoms with Crippen LogP contribution >= 0.6 is 22.9 Å². The SMILES string of the molecule is CC[C@@H](C)NC(=O)C1CCN(C(=O)c2cc3sccc3n2Cc2ccc(Cl)cc2)CC1. The quantitative estimate of drug-likeness (QED) is 0.555. The standard InChI is InChI=1S/C24H28ClN3O2S/c1-3-16(2)26-23(29)18-8-11-27(12-9-18)24(30)21-14-22-20(10-13-31-22)28(21)15-17-4-6-19(25)7-5-17/h4-7,10,13-14,16,18H,3,8-9,11-12,15H2,1-2H3,(H,26,29)/t16-/m1/s1. The van der Waals surface area contributed by atoms with Gasteiger partial charge in [-0.05, 0) is 61.4 Å². The minimum Gasteiger partial charge on any atom is -0.353 e. The van der Waals surface area contributed by atoms with Gasteiger partial charge in [-0.15, -0.1) is 11.3 Å². The minimum atomic E-state index is -0.0117. The number of hydrogen-bond acceptors (Lipinski definition) is 3. The zero-order chi connectivity index (χ0) is 22.0. The highest BCUT2D eigenvalue weighted by Crippen LogP contribution is 2.28. The lowest BCUT2D eigenvalue weighted by Crippen LogP contribution is -2.45. The molecule has 3 heterocycles. The van der Waals surface area contributed by atoms with E-state index in [-0.39, 0.29) is 23.8 Å². The van der Waals surface area contributed by atoms with Gasteiger partial charge in [-0.1, -0.05) is 30.7 Å². The average Bonchev–Trinajstić information content (AvgIpc) is 3.37. The van der Waals surface area contributed by atoms with E-state index >= 15 is 0 Å². The van der Waals surface area contributed by atoms with E-state index in [0.717, 1.165) is 22.2 Å². The first-order valence-electron chi connectivity index (χ1n) is 10.9. The second kappa shape index (κ2) is 9.45. The number of carbonyl (C=O) groups is 2. The maximum absolute atomic E-state index is 13.4. The molecule has 0 unspecified atom stereocenters. The van der Waals surface area contributed by atoms with Crippen LogP contribution in [0.4, 0.5) is 0 Å². The van der Waals surface area contributed by atoms with E-state index in [0.29, 0.717) is 43.2 Å². The summed E-state index contributed by atoms with van der Waals surface area (Å²) in [6.07, 6.45) is 2.34. The molecule has 1 N–H and O–H groups in total. The maximum atomic E-state index is 13.4. The maximum Gasteiger partial charge on any atom is 0.270 e. The van der Waals surface area contributed by atoms with Crippen LogP contribution < -0.4 is 5.32 Å². The van der Waals surface area contributed by atoms with Gasteiger partial charge >= 0.3 is 0 Å². The summed E-state index contributed by atoms with van der Waals surface area (Å²) in [6, 6.07) is 12.0. The predicted molar refractivity (Wildman–Crippen MR) is 127 cm³/mol. The Kier molecular flexibility index (Phi) is 6.68. The van der Waals surface area contributed by atoms with Crippen molar-refractivity contribution < 1.29 is 9.59 Å². The van der Waals surface area contributed by atoms with Crippen LogP contribution in [0.3, 0.4) is 0 Å². The molecule has 0 saturated carbocycles. The smallest absolute Gasteiger partial charge is 0.270 e. The molecule has 164 valence electrons. The average molecular weight is 458 g/mol. The molecule has 1 fully saturated rings. The van der Waals surface area contributed by atoms with E-state index in [9.17, 15) is 9.59 Å². The number of benzene rings is 1. The molecule has 31 heavy (non-hydrogen) atoms. The molecule has 1 aromatic carbocycles. The Morgan fingerprint density at radius 2 is 1.90 bits per heavy atom. The minimum absolute atomic E-state index is 0.0117. The molecule has 0 bridgehead atoms. The number of amides is 2. The first-order valence-corrected chi connectivity index (χ1v) is 12.1. The molecule has 1 aliphatic heterocycles. The summed E-state index contributed by atoms with van der Waals surface area (Å²) in [5, 5.41) is 5.83. The molecule has 7 heteroatoms. The van der Waals surface area contributed by atoms with E-state index in [1.807, 2.05) is 42.2 Å². The Labute approximate surface area is 192 Å². The first-order chi connectivity index (χ1) is 15.0. The molecule has 2 aromatic heterocycles. The van der Waals surface area contributed by atoms with E-state index in [2.05, 4.69) is 28.3 Å². The number of rotatable bonds is 6. The van der Waals surface area contributed by atoms with Gasteiger partial charge in [-0.3, -0.25) is 9.59 Å². The number of aromatic nitrogens is 1. The number of fused-ring (bicyclic) bond motifs is 1. The van der Waals surface area contributed by atoms with Crippen LogP contribution in [0.15, 0.2) is 41.8 Å². The van der Waals surface area contributed by atoms with E-state index in [1.165, 1.54) is 0 Å². The third kappa shape index (κ3) is 4.80. The fourth-order valence-electron chi connectivity index (χ4n) is 4.07. The van der Waals surface area contributed by atoms with Gasteiger partial charge < -0.3 is 14.8 Å². The van der Waals surface area contributed by atoms with Crippen molar-refractivity contribution >= 4 is 45.0 Å². The van der Waals surface area contributed by atoms with Crippen molar-refractivity contribution in [2.45, 2.75) is 45.7 Å². The Hall–Kier alpha value is -2.31. The first kappa shape index (κ1) is 21.9. The van der Waals surface area contributed by atoms with Crippen molar-refractivity contribution in [3.63, 3.8) is 0 Å². The van der Waals surface area contributed by atoms with Gasteiger partial charge in [0.25, 0.3) is 5.91 Å². The van der Waals surface area contributed by atoms with Crippen LogP contribution in [0.25, 0.3) is 10.2 Å². The highest BCUT2D eigenvalue weighted by molar-refractivity contribution is 7.17. The summed E-state index contributed by atoms with van der Waals surface area (Å²) in [5.41, 5.74) is 2.88. The third-order valence-corrected chi connectivity index (χ3v) is 7.25. The molecule has 0 aliphatic carbocycles. The summed E-state index contributed by atoms with van der Waals surface area (Å²) in [5.74, 6) is 0.147. The number of nitrogens with zero attached hydrogens (tertiary/aromatic N) is 2. The van der Waals surface area contributed by atoms with Gasteiger partial charge in [0, 0.05) is 36.6 Å². The largest absolute Gasteiger partial charge is 0.353 e. The van der Waals surface area contributed by atoms with Crippen LogP contribution in [0.5, 0.6) is 0 Å². The number of carbonyl (C=O) groups excluding carboxylic acids is 2. The molecule has 2 amide bonds. The highest BCUT2D eigenvalue weighted by atomic mass is 35.5. The summed E-state index contributed by atoms with van der Waals surface area (Å²) in [6.45, 7) is 5.92. The molecular weight excluding hydrogens is 430 g/mol. The van der Waals surface area contributed by atoms with E-state index in [1.54, 1.807) is 11.3 Å². The van der Waals surface area contributed by atoms with Crippen molar-refractivity contribution in [2.24, 2.45) is 5.92 Å². The van der Waals surface area contributed by atoms with Crippen molar-refractivity contribution in [3.05, 3.63) is 58.1 Å². The zero-order valence-electron chi connectivity index (χ0n) is 17.9. The Balaban J connectivity index is 1.49. The number of likely N-dealkylation sites (tertiary alicyclic amines) is 1. The fourth-order valence-corrected chi connectivity index (χ4v) is 5.01. The number of thiophene rings is 1. The van der Waals surface area contributed by atoms with Crippen LogP contribution in [-0.2, 0) is 11.3 Å². The van der Waals surface area contributed by atoms with Gasteiger partial charge in [0.1, 0.15) is 5.69 Å². The Bertz CT molecular complexity index is 1060. The van der Waals surface area contributed by atoms with E-state index in [4.69, 9.17) is 11.6 Å². The molecule has 0 radical (unpaired) electrons. The van der Waals surface area contributed by atoms with Gasteiger partial charge in [-0.2, -0.15) is 0 Å². The lowest BCUT2D eigenvalue weighted by Gasteiger charge is -2.32. The summed E-state index contributed by atoms with van der Waals surface area (Å²) < 4.78 is 3.21. The molecule has 5 nitrogen and oxygen atoms in total. The van der Waals surface area contributed by atoms with Gasteiger partial charge in [0.15, 0.2) is 0 Å². The topological polar surface area (TPSA) is 54.3 Å². The van der Waals surface area contributed by atoms with Crippen LogP contribution in [-0.4, -0.2) is 40.4 Å². The van der Waals surface area contributed by atoms with Crippen molar-refractivity contribution in [1.29, 1.82) is 0 Å². The normalized spacial score (nSPS) is 15.9. The van der Waals surface area contributed by atoms with Gasteiger partial charge in [0.05, 0.1) is 10.2 Å². The molecular formula is C24H28ClN3O2S. The van der Waals surface area contributed by atoms with Crippen LogP contribution in [0.2, 0.25) is 5.02 Å². The Morgan fingerprint density at radius 3 is 2.58 bits per heavy atom. The second-order valence-corrected chi connectivity index (χ2v) is 9.68. The van der Waals surface area contributed by atoms with Crippen molar-refractivity contribution in [2.75, 3.05) is 13.1 Å². The molecule has 1 atom stereocenters. The molecule has 3 aromatic rings. The van der Waals surface area contributed by atoms with E-state index < -0.39 is 0 Å². The van der Waals surface area contributed by atoms with Crippen LogP contribution in [0.1, 0.15) is 49.2 Å². The predicted octanol–water partition coefficient (Wildman–Crippen LogP) is 5.17. The van der Waals surface area contributed by atoms with Crippen molar-refractivity contribution in [1.82, 2.24) is 14.8 Å². The summed E-state index contributed by atoms with van der Waals surface area (Å²) in [4.78, 5) is 27.8. The highest BCUT2D eigenvalue weighted by Gasteiger charge is 2.30. The molecule has 1 saturated heterocycles. The second-order valence-electron chi connectivity index (χ2n) is 8.30. The Morgan fingerprint density at radius 1 is 1.19 bits per heavy atom. The van der Waals surface area contributed by atoms with Gasteiger partial charge in [0.2, 0.25) is 5.91 Å². The molecule has 0 spiro atoms. The number of halogens is 1. The summed E-state index contributed by atoms with van der Waals surface area (Å²) >= 11 is 7.68. The lowest BCUT2D eigenvalue weighted by atomic mass is 9.95. The number of nitrogens with one attached hydrogen (secondary N) is 1. The third-order valence-electron chi connectivity index (χ3n) is 6.15. The lowest BCUT2D eigenvalue weighted by molar-refractivity contribution is -0.126. The zero-order valence-corrected chi connectivity index (χ0v) is 19.5. The molecule has 4 rings (SSSR count). The van der Waals surface area contributed by atoms with Gasteiger partial charge in [-0.25, -0.2) is 0 Å². The number of piperidine rings is 1. The molecule has 1 aliphatic rings.